The van der Waals surface area contributed by atoms with Crippen LogP contribution in [0.25, 0.3) is 16.6 Å². The molecule has 0 fully saturated rings. The zero-order valence-electron chi connectivity index (χ0n) is 12.2. The molecule has 2 aromatic heterocycles. The smallest absolute Gasteiger partial charge is 0.263 e. The highest BCUT2D eigenvalue weighted by atomic mass is 19.1. The predicted octanol–water partition coefficient (Wildman–Crippen LogP) is 3.40. The molecule has 23 heavy (non-hydrogen) atoms. The van der Waals surface area contributed by atoms with Gasteiger partial charge in [0.25, 0.3) is 5.56 Å². The summed E-state index contributed by atoms with van der Waals surface area (Å²) in [4.78, 5) is 12.7. The quantitative estimate of drug-likeness (QED) is 0.787. The van der Waals surface area contributed by atoms with Crippen LogP contribution in [0.1, 0.15) is 18.5 Å². The van der Waals surface area contributed by atoms with E-state index in [0.717, 1.165) is 22.7 Å². The van der Waals surface area contributed by atoms with E-state index in [1.807, 2.05) is 0 Å². The Morgan fingerprint density at radius 3 is 2.26 bits per heavy atom. The van der Waals surface area contributed by atoms with Crippen LogP contribution in [-0.2, 0) is 0 Å². The van der Waals surface area contributed by atoms with E-state index in [2.05, 4.69) is 0 Å². The summed E-state index contributed by atoms with van der Waals surface area (Å²) in [5, 5.41) is 0. The lowest BCUT2D eigenvalue weighted by atomic mass is 9.96. The fourth-order valence-electron chi connectivity index (χ4n) is 2.60. The summed E-state index contributed by atoms with van der Waals surface area (Å²) >= 11 is 0. The van der Waals surface area contributed by atoms with Crippen LogP contribution in [0.2, 0.25) is 0 Å². The van der Waals surface area contributed by atoms with Crippen LogP contribution >= 0.6 is 0 Å². The minimum absolute atomic E-state index is 0.0569. The molecular formula is C17H13F3N2O. The van der Waals surface area contributed by atoms with Crippen LogP contribution < -0.4 is 11.3 Å². The molecule has 3 aromatic rings. The minimum atomic E-state index is -0.806. The average molecular weight is 318 g/mol. The molecule has 1 unspecified atom stereocenters. The number of hydrogen-bond acceptors (Lipinski definition) is 2. The summed E-state index contributed by atoms with van der Waals surface area (Å²) in [5.74, 6) is -2.21. The Labute approximate surface area is 129 Å². The molecular weight excluding hydrogens is 305 g/mol. The van der Waals surface area contributed by atoms with E-state index < -0.39 is 29.1 Å². The van der Waals surface area contributed by atoms with Crippen molar-refractivity contribution < 1.29 is 13.2 Å². The largest absolute Gasteiger partial charge is 0.324 e. The third-order valence-electron chi connectivity index (χ3n) is 3.61. The zero-order valence-corrected chi connectivity index (χ0v) is 12.2. The standard InChI is InChI=1S/C17H13F3N2O/c1-9(21)15-7-14-3-2-11(18)8-22(14)17(23)16(15)10-4-12(19)6-13(20)5-10/h2-9H,21H2,1H3. The molecule has 0 radical (unpaired) electrons. The molecule has 1 aromatic carbocycles. The van der Waals surface area contributed by atoms with Crippen molar-refractivity contribution in [2.24, 2.45) is 5.73 Å². The lowest BCUT2D eigenvalue weighted by molar-refractivity contribution is 0.584. The van der Waals surface area contributed by atoms with Gasteiger partial charge in [-0.25, -0.2) is 13.2 Å². The van der Waals surface area contributed by atoms with Crippen LogP contribution in [0.15, 0.2) is 47.4 Å². The first-order valence-corrected chi connectivity index (χ1v) is 6.93. The molecule has 0 saturated heterocycles. The maximum atomic E-state index is 13.5. The molecule has 3 rings (SSSR count). The van der Waals surface area contributed by atoms with Gasteiger partial charge in [0.05, 0.1) is 5.56 Å². The van der Waals surface area contributed by atoms with Gasteiger partial charge >= 0.3 is 0 Å². The van der Waals surface area contributed by atoms with Crippen LogP contribution in [-0.4, -0.2) is 4.40 Å². The Hall–Kier alpha value is -2.60. The van der Waals surface area contributed by atoms with Crippen molar-refractivity contribution in [3.8, 4) is 11.1 Å². The van der Waals surface area contributed by atoms with Gasteiger partial charge in [-0.15, -0.1) is 0 Å². The molecule has 6 heteroatoms. The molecule has 0 aliphatic rings. The van der Waals surface area contributed by atoms with E-state index >= 15 is 0 Å². The maximum Gasteiger partial charge on any atom is 0.263 e. The first-order valence-electron chi connectivity index (χ1n) is 6.93. The third kappa shape index (κ3) is 2.73. The Bertz CT molecular complexity index is 944. The Balaban J connectivity index is 2.44. The number of aromatic nitrogens is 1. The number of halogens is 3. The van der Waals surface area contributed by atoms with Crippen molar-refractivity contribution in [3.63, 3.8) is 0 Å². The summed E-state index contributed by atoms with van der Waals surface area (Å²) in [7, 11) is 0. The third-order valence-corrected chi connectivity index (χ3v) is 3.61. The van der Waals surface area contributed by atoms with Crippen LogP contribution in [0.5, 0.6) is 0 Å². The van der Waals surface area contributed by atoms with Crippen molar-refractivity contribution in [2.75, 3.05) is 0 Å². The summed E-state index contributed by atoms with van der Waals surface area (Å²) in [6, 6.07) is 6.56. The number of nitrogens with two attached hydrogens (primary N) is 1. The highest BCUT2D eigenvalue weighted by Crippen LogP contribution is 2.27. The molecule has 118 valence electrons. The lowest BCUT2D eigenvalue weighted by Gasteiger charge is -2.15. The van der Waals surface area contributed by atoms with E-state index in [4.69, 9.17) is 5.73 Å². The van der Waals surface area contributed by atoms with Crippen molar-refractivity contribution in [1.29, 1.82) is 0 Å². The molecule has 1 atom stereocenters. The second kappa shape index (κ2) is 5.55. The Morgan fingerprint density at radius 2 is 1.65 bits per heavy atom. The summed E-state index contributed by atoms with van der Waals surface area (Å²) in [6.07, 6.45) is 1.03. The van der Waals surface area contributed by atoms with Gasteiger partial charge < -0.3 is 5.73 Å². The van der Waals surface area contributed by atoms with E-state index in [0.29, 0.717) is 17.1 Å². The molecule has 0 aliphatic carbocycles. The lowest BCUT2D eigenvalue weighted by Crippen LogP contribution is -2.21. The number of rotatable bonds is 2. The van der Waals surface area contributed by atoms with Crippen molar-refractivity contribution in [2.45, 2.75) is 13.0 Å². The first kappa shape index (κ1) is 15.3. The number of benzene rings is 1. The maximum absolute atomic E-state index is 13.5. The monoisotopic (exact) mass is 318 g/mol. The topological polar surface area (TPSA) is 47.5 Å². The van der Waals surface area contributed by atoms with E-state index in [9.17, 15) is 18.0 Å². The molecule has 3 nitrogen and oxygen atoms in total. The first-order chi connectivity index (χ1) is 10.9. The molecule has 0 amide bonds. The number of nitrogens with zero attached hydrogens (tertiary/aromatic N) is 1. The number of pyridine rings is 2. The number of fused-ring (bicyclic) bond motifs is 1. The zero-order chi connectivity index (χ0) is 16.7. The second-order valence-corrected chi connectivity index (χ2v) is 5.37. The Morgan fingerprint density at radius 1 is 1.00 bits per heavy atom. The van der Waals surface area contributed by atoms with Gasteiger partial charge in [0.1, 0.15) is 17.5 Å². The van der Waals surface area contributed by atoms with Crippen LogP contribution in [0.4, 0.5) is 13.2 Å². The van der Waals surface area contributed by atoms with E-state index in [1.165, 1.54) is 12.1 Å². The van der Waals surface area contributed by atoms with Crippen LogP contribution in [0.3, 0.4) is 0 Å². The summed E-state index contributed by atoms with van der Waals surface area (Å²) in [6.45, 7) is 1.66. The van der Waals surface area contributed by atoms with Crippen molar-refractivity contribution in [1.82, 2.24) is 4.40 Å². The highest BCUT2D eigenvalue weighted by molar-refractivity contribution is 5.70. The number of hydrogen-bond donors (Lipinski definition) is 1. The van der Waals surface area contributed by atoms with E-state index in [-0.39, 0.29) is 11.1 Å². The van der Waals surface area contributed by atoms with Gasteiger partial charge in [-0.3, -0.25) is 9.20 Å². The van der Waals surface area contributed by atoms with Gasteiger partial charge in [-0.1, -0.05) is 0 Å². The molecule has 0 saturated carbocycles. The van der Waals surface area contributed by atoms with Crippen molar-refractivity contribution >= 4 is 5.52 Å². The van der Waals surface area contributed by atoms with Crippen LogP contribution in [0, 0.1) is 17.5 Å². The van der Waals surface area contributed by atoms with Gasteiger partial charge in [-0.2, -0.15) is 0 Å². The highest BCUT2D eigenvalue weighted by Gasteiger charge is 2.17. The second-order valence-electron chi connectivity index (χ2n) is 5.37. The summed E-state index contributed by atoms with van der Waals surface area (Å²) in [5.41, 5.74) is 6.33. The normalized spacial score (nSPS) is 12.6. The SMILES string of the molecule is CC(N)c1cc2ccc(F)cn2c(=O)c1-c1cc(F)cc(F)c1. The average Bonchev–Trinajstić information content (AvgIpc) is 2.46. The van der Waals surface area contributed by atoms with Crippen molar-refractivity contribution in [3.05, 3.63) is 76.0 Å². The van der Waals surface area contributed by atoms with E-state index in [1.54, 1.807) is 13.0 Å². The predicted molar refractivity (Wildman–Crippen MR) is 81.6 cm³/mol. The molecule has 0 bridgehead atoms. The molecule has 2 heterocycles. The van der Waals surface area contributed by atoms with Gasteiger partial charge in [0.2, 0.25) is 0 Å². The van der Waals surface area contributed by atoms with Gasteiger partial charge in [0.15, 0.2) is 0 Å². The molecule has 2 N–H and O–H groups in total. The minimum Gasteiger partial charge on any atom is -0.324 e. The van der Waals surface area contributed by atoms with Gasteiger partial charge in [-0.05, 0) is 48.4 Å². The van der Waals surface area contributed by atoms with Gasteiger partial charge in [0, 0.05) is 23.8 Å². The Kier molecular flexibility index (Phi) is 3.69. The molecule has 0 aliphatic heterocycles. The fraction of sp³-hybridized carbons (Fsp3) is 0.118. The summed E-state index contributed by atoms with van der Waals surface area (Å²) < 4.78 is 41.6. The molecule has 0 spiro atoms. The fourth-order valence-corrected chi connectivity index (χ4v) is 2.60.